The van der Waals surface area contributed by atoms with Crippen molar-refractivity contribution in [3.8, 4) is 11.5 Å². The maximum absolute atomic E-state index is 12.4. The average molecular weight is 422 g/mol. The Hall–Kier alpha value is -2.81. The second-order valence-corrected chi connectivity index (χ2v) is 8.28. The lowest BCUT2D eigenvalue weighted by molar-refractivity contribution is -0.145. The van der Waals surface area contributed by atoms with E-state index in [1.165, 1.54) is 7.11 Å². The summed E-state index contributed by atoms with van der Waals surface area (Å²) in [5.74, 6) is -1.32. The van der Waals surface area contributed by atoms with E-state index in [9.17, 15) is 14.4 Å². The Morgan fingerprint density at radius 1 is 1.20 bits per heavy atom. The maximum atomic E-state index is 12.4. The summed E-state index contributed by atoms with van der Waals surface area (Å²) < 4.78 is 15.9. The summed E-state index contributed by atoms with van der Waals surface area (Å²) in [7, 11) is 1.52. The molecule has 0 unspecified atom stereocenters. The minimum absolute atomic E-state index is 0.00385. The molecule has 1 aromatic rings. The van der Waals surface area contributed by atoms with Crippen molar-refractivity contribution in [2.45, 2.75) is 52.3 Å². The van der Waals surface area contributed by atoms with Crippen LogP contribution >= 0.6 is 0 Å². The summed E-state index contributed by atoms with van der Waals surface area (Å²) in [6.07, 6.45) is -1.01. The molecule has 9 nitrogen and oxygen atoms in total. The molecule has 2 rings (SSSR count). The van der Waals surface area contributed by atoms with E-state index in [-0.39, 0.29) is 17.9 Å². The number of carbonyl (C=O) groups excluding carboxylic acids is 2. The van der Waals surface area contributed by atoms with Gasteiger partial charge in [0.15, 0.2) is 0 Å². The Morgan fingerprint density at radius 3 is 2.47 bits per heavy atom. The van der Waals surface area contributed by atoms with Gasteiger partial charge in [-0.3, -0.25) is 14.5 Å². The fourth-order valence-corrected chi connectivity index (χ4v) is 3.22. The van der Waals surface area contributed by atoms with Crippen molar-refractivity contribution in [2.24, 2.45) is 0 Å². The molecular weight excluding hydrogens is 392 g/mol. The van der Waals surface area contributed by atoms with E-state index in [0.717, 1.165) is 5.56 Å². The van der Waals surface area contributed by atoms with Gasteiger partial charge in [0.05, 0.1) is 7.11 Å². The van der Waals surface area contributed by atoms with E-state index < -0.39 is 24.0 Å². The van der Waals surface area contributed by atoms with Crippen LogP contribution in [0.4, 0.5) is 4.79 Å². The van der Waals surface area contributed by atoms with Gasteiger partial charge in [-0.15, -0.1) is 0 Å². The lowest BCUT2D eigenvalue weighted by Gasteiger charge is -2.40. The van der Waals surface area contributed by atoms with Crippen LogP contribution in [0, 0.1) is 0 Å². The van der Waals surface area contributed by atoms with Crippen LogP contribution in [0.1, 0.15) is 39.7 Å². The first-order valence-corrected chi connectivity index (χ1v) is 9.80. The Morgan fingerprint density at radius 2 is 1.90 bits per heavy atom. The molecule has 0 saturated carbocycles. The molecule has 0 spiro atoms. The van der Waals surface area contributed by atoms with E-state index in [1.807, 2.05) is 27.7 Å². The van der Waals surface area contributed by atoms with Gasteiger partial charge in [-0.2, -0.15) is 0 Å². The third-order valence-electron chi connectivity index (χ3n) is 4.52. The molecule has 0 aromatic heterocycles. The lowest BCUT2D eigenvalue weighted by Crippen LogP contribution is -2.54. The molecule has 166 valence electrons. The van der Waals surface area contributed by atoms with Gasteiger partial charge >= 0.3 is 18.0 Å². The largest absolute Gasteiger partial charge is 0.496 e. The molecule has 1 aliphatic heterocycles. The zero-order valence-corrected chi connectivity index (χ0v) is 18.1. The van der Waals surface area contributed by atoms with Crippen LogP contribution in [0.15, 0.2) is 18.2 Å². The molecule has 1 heterocycles. The highest BCUT2D eigenvalue weighted by Gasteiger charge is 2.31. The van der Waals surface area contributed by atoms with E-state index in [0.29, 0.717) is 31.9 Å². The number of amides is 1. The first kappa shape index (κ1) is 23.5. The highest BCUT2D eigenvalue weighted by atomic mass is 16.6. The Labute approximate surface area is 176 Å². The molecule has 1 atom stereocenters. The molecule has 9 heteroatoms. The van der Waals surface area contributed by atoms with Crippen LogP contribution in [0.25, 0.3) is 0 Å². The van der Waals surface area contributed by atoms with E-state index in [4.69, 9.17) is 19.3 Å². The number of nitrogens with zero attached hydrogens (tertiary/aromatic N) is 2. The third-order valence-corrected chi connectivity index (χ3v) is 4.52. The summed E-state index contributed by atoms with van der Waals surface area (Å²) in [6, 6.07) is 4.96. The first-order chi connectivity index (χ1) is 14.0. The van der Waals surface area contributed by atoms with Crippen molar-refractivity contribution in [1.29, 1.82) is 0 Å². The zero-order chi connectivity index (χ0) is 22.5. The number of carbonyl (C=O) groups is 3. The third kappa shape index (κ3) is 6.91. The SMILES string of the molecule is COc1cc(OC(=O)CC(=O)O)ccc1CN1CCN(C(=O)OC(C)(C)C)[C@@H](C)C1. The van der Waals surface area contributed by atoms with Crippen LogP contribution in [-0.2, 0) is 20.9 Å². The van der Waals surface area contributed by atoms with Crippen molar-refractivity contribution in [1.82, 2.24) is 9.80 Å². The summed E-state index contributed by atoms with van der Waals surface area (Å²) in [6.45, 7) is 10.0. The van der Waals surface area contributed by atoms with Crippen LogP contribution in [0.5, 0.6) is 11.5 Å². The number of methoxy groups -OCH3 is 1. The second-order valence-electron chi connectivity index (χ2n) is 8.28. The summed E-state index contributed by atoms with van der Waals surface area (Å²) in [5, 5.41) is 8.66. The average Bonchev–Trinajstić information content (AvgIpc) is 2.60. The standard InChI is InChI=1S/C21H30N2O7/c1-14-12-22(8-9-23(14)20(27)30-21(2,3)4)13-15-6-7-16(10-17(15)28-5)29-19(26)11-18(24)25/h6-7,10,14H,8-9,11-13H2,1-5H3,(H,24,25)/t14-/m0/s1. The van der Waals surface area contributed by atoms with E-state index in [1.54, 1.807) is 23.1 Å². The normalized spacial score (nSPS) is 17.4. The predicted molar refractivity (Wildman–Crippen MR) is 109 cm³/mol. The summed E-state index contributed by atoms with van der Waals surface area (Å²) in [4.78, 5) is 38.5. The van der Waals surface area contributed by atoms with Gasteiger partial charge < -0.3 is 24.2 Å². The smallest absolute Gasteiger partial charge is 0.410 e. The molecule has 1 N–H and O–H groups in total. The highest BCUT2D eigenvalue weighted by Crippen LogP contribution is 2.27. The number of piperazine rings is 1. The molecule has 1 fully saturated rings. The number of carboxylic acids is 1. The Balaban J connectivity index is 1.99. The number of hydrogen-bond donors (Lipinski definition) is 1. The second kappa shape index (κ2) is 9.80. The molecule has 30 heavy (non-hydrogen) atoms. The quantitative estimate of drug-likeness (QED) is 0.424. The molecule has 0 aliphatic carbocycles. The molecule has 1 saturated heterocycles. The fraction of sp³-hybridized carbons (Fsp3) is 0.571. The topological polar surface area (TPSA) is 106 Å². The Bertz CT molecular complexity index is 788. The van der Waals surface area contributed by atoms with Gasteiger partial charge in [-0.05, 0) is 33.8 Å². The zero-order valence-electron chi connectivity index (χ0n) is 18.1. The summed E-state index contributed by atoms with van der Waals surface area (Å²) >= 11 is 0. The minimum Gasteiger partial charge on any atom is -0.496 e. The number of carboxylic acid groups (broad SMARTS) is 1. The van der Waals surface area contributed by atoms with Gasteiger partial charge in [0.25, 0.3) is 0 Å². The number of hydrogen-bond acceptors (Lipinski definition) is 7. The molecule has 1 amide bonds. The van der Waals surface area contributed by atoms with Crippen LogP contribution in [0.2, 0.25) is 0 Å². The van der Waals surface area contributed by atoms with Crippen LogP contribution in [-0.4, -0.2) is 71.3 Å². The van der Waals surface area contributed by atoms with E-state index in [2.05, 4.69) is 4.90 Å². The number of aliphatic carboxylic acids is 1. The van der Waals surface area contributed by atoms with Crippen molar-refractivity contribution in [2.75, 3.05) is 26.7 Å². The lowest BCUT2D eigenvalue weighted by atomic mass is 10.1. The first-order valence-electron chi connectivity index (χ1n) is 9.80. The van der Waals surface area contributed by atoms with Gasteiger partial charge in [-0.25, -0.2) is 4.79 Å². The van der Waals surface area contributed by atoms with Gasteiger partial charge in [0.2, 0.25) is 0 Å². The van der Waals surface area contributed by atoms with Crippen molar-refractivity contribution in [3.05, 3.63) is 23.8 Å². The van der Waals surface area contributed by atoms with E-state index >= 15 is 0 Å². The van der Waals surface area contributed by atoms with Gasteiger partial charge in [0, 0.05) is 43.9 Å². The minimum atomic E-state index is -1.25. The number of benzene rings is 1. The molecule has 0 bridgehead atoms. The molecule has 1 aromatic carbocycles. The maximum Gasteiger partial charge on any atom is 0.410 e. The van der Waals surface area contributed by atoms with Crippen LogP contribution < -0.4 is 9.47 Å². The monoisotopic (exact) mass is 422 g/mol. The summed E-state index contributed by atoms with van der Waals surface area (Å²) in [5.41, 5.74) is 0.366. The number of ether oxygens (including phenoxy) is 3. The number of rotatable bonds is 6. The predicted octanol–water partition coefficient (Wildman–Crippen LogP) is 2.52. The number of esters is 1. The van der Waals surface area contributed by atoms with Gasteiger partial charge in [0.1, 0.15) is 23.5 Å². The highest BCUT2D eigenvalue weighted by molar-refractivity contribution is 5.91. The molecule has 0 radical (unpaired) electrons. The van der Waals surface area contributed by atoms with Crippen LogP contribution in [0.3, 0.4) is 0 Å². The Kier molecular flexibility index (Phi) is 7.66. The van der Waals surface area contributed by atoms with Crippen molar-refractivity contribution < 1.29 is 33.7 Å². The fourth-order valence-electron chi connectivity index (χ4n) is 3.22. The van der Waals surface area contributed by atoms with Gasteiger partial charge in [-0.1, -0.05) is 6.07 Å². The van der Waals surface area contributed by atoms with Crippen molar-refractivity contribution in [3.63, 3.8) is 0 Å². The molecule has 1 aliphatic rings. The van der Waals surface area contributed by atoms with Crippen molar-refractivity contribution >= 4 is 18.0 Å². The molecular formula is C21H30N2O7.